The van der Waals surface area contributed by atoms with Crippen LogP contribution >= 0.6 is 0 Å². The molecule has 1 saturated heterocycles. The second kappa shape index (κ2) is 6.88. The Balaban J connectivity index is 1.36. The number of hydrogen-bond acceptors (Lipinski definition) is 3. The van der Waals surface area contributed by atoms with Gasteiger partial charge < -0.3 is 10.1 Å². The van der Waals surface area contributed by atoms with Crippen LogP contribution in [0.4, 0.5) is 10.6 Å². The zero-order valence-electron chi connectivity index (χ0n) is 14.4. The van der Waals surface area contributed by atoms with Gasteiger partial charge in [-0.1, -0.05) is 18.2 Å². The number of nitrogens with zero attached hydrogens (tertiary/aromatic N) is 2. The Morgan fingerprint density at radius 2 is 2.04 bits per heavy atom. The molecule has 2 aliphatic rings. The van der Waals surface area contributed by atoms with E-state index in [-0.39, 0.29) is 12.1 Å². The summed E-state index contributed by atoms with van der Waals surface area (Å²) in [4.78, 5) is 12.3. The molecule has 1 aromatic heterocycles. The monoisotopic (exact) mass is 340 g/mol. The minimum Gasteiger partial charge on any atom is -0.378 e. The van der Waals surface area contributed by atoms with Crippen molar-refractivity contribution < 1.29 is 9.53 Å². The summed E-state index contributed by atoms with van der Waals surface area (Å²) in [6.45, 7) is 2.70. The maximum Gasteiger partial charge on any atom is 0.320 e. The third-order valence-electron chi connectivity index (χ3n) is 4.93. The van der Waals surface area contributed by atoms with E-state index in [1.807, 2.05) is 48.0 Å². The number of aromatic nitrogens is 2. The predicted molar refractivity (Wildman–Crippen MR) is 95.9 cm³/mol. The van der Waals surface area contributed by atoms with Gasteiger partial charge in [0.2, 0.25) is 0 Å². The summed E-state index contributed by atoms with van der Waals surface area (Å²) in [5.74, 6) is 1.27. The molecule has 1 aliphatic heterocycles. The summed E-state index contributed by atoms with van der Waals surface area (Å²) in [7, 11) is 0. The van der Waals surface area contributed by atoms with Crippen LogP contribution in [-0.4, -0.2) is 34.6 Å². The molecule has 2 N–H and O–H groups in total. The fraction of sp³-hybridized carbons (Fsp3) is 0.474. The Hall–Kier alpha value is -2.34. The highest BCUT2D eigenvalue weighted by atomic mass is 16.5. The lowest BCUT2D eigenvalue weighted by molar-refractivity contribution is -0.00889. The van der Waals surface area contributed by atoms with Crippen LogP contribution < -0.4 is 10.6 Å². The molecule has 4 rings (SSSR count). The minimum absolute atomic E-state index is 0.177. The maximum atomic E-state index is 12.3. The molecule has 2 unspecified atom stereocenters. The Morgan fingerprint density at radius 3 is 2.80 bits per heavy atom. The molecule has 6 nitrogen and oxygen atoms in total. The van der Waals surface area contributed by atoms with Crippen molar-refractivity contribution in [2.24, 2.45) is 5.92 Å². The molecule has 6 heteroatoms. The highest BCUT2D eigenvalue weighted by Gasteiger charge is 2.36. The van der Waals surface area contributed by atoms with E-state index in [0.29, 0.717) is 17.8 Å². The number of hydrogen-bond donors (Lipinski definition) is 2. The quantitative estimate of drug-likeness (QED) is 0.898. The number of nitrogens with one attached hydrogen (secondary N) is 2. The topological polar surface area (TPSA) is 68.2 Å². The molecule has 2 heterocycles. The molecule has 2 amide bonds. The number of benzene rings is 1. The summed E-state index contributed by atoms with van der Waals surface area (Å²) in [5.41, 5.74) is 1.95. The zero-order chi connectivity index (χ0) is 17.2. The number of ether oxygens (including phenoxy) is 1. The Labute approximate surface area is 147 Å². The van der Waals surface area contributed by atoms with Crippen molar-refractivity contribution in [3.05, 3.63) is 42.1 Å². The van der Waals surface area contributed by atoms with E-state index in [1.165, 1.54) is 12.8 Å². The van der Waals surface area contributed by atoms with Crippen LogP contribution in [0.5, 0.6) is 0 Å². The van der Waals surface area contributed by atoms with Gasteiger partial charge >= 0.3 is 6.03 Å². The molecule has 1 aliphatic carbocycles. The Kier molecular flexibility index (Phi) is 4.44. The van der Waals surface area contributed by atoms with Gasteiger partial charge in [0, 0.05) is 24.4 Å². The van der Waals surface area contributed by atoms with Crippen LogP contribution in [0.2, 0.25) is 0 Å². The summed E-state index contributed by atoms with van der Waals surface area (Å²) in [6, 6.07) is 11.8. The van der Waals surface area contributed by atoms with Crippen molar-refractivity contribution >= 4 is 11.8 Å². The maximum absolute atomic E-state index is 12.3. The fourth-order valence-corrected chi connectivity index (χ4v) is 3.46. The number of aryl methyl sites for hydroxylation is 1. The zero-order valence-corrected chi connectivity index (χ0v) is 14.4. The summed E-state index contributed by atoms with van der Waals surface area (Å²) in [5, 5.41) is 10.4. The number of urea groups is 1. The van der Waals surface area contributed by atoms with Gasteiger partial charge in [0.15, 0.2) is 5.82 Å². The van der Waals surface area contributed by atoms with Gasteiger partial charge in [0.05, 0.1) is 11.8 Å². The van der Waals surface area contributed by atoms with Crippen molar-refractivity contribution in [2.75, 3.05) is 11.9 Å². The molecule has 0 spiro atoms. The Bertz CT molecular complexity index is 739. The normalized spacial score (nSPS) is 23.2. The molecule has 2 aromatic rings. The van der Waals surface area contributed by atoms with Gasteiger partial charge in [-0.05, 0) is 50.7 Å². The first kappa shape index (κ1) is 16.1. The SMILES string of the molecule is Cc1cc(NC(=O)NC2CCOC(C3CC3)C2)nn1-c1ccccc1. The van der Waals surface area contributed by atoms with Gasteiger partial charge in [-0.25, -0.2) is 9.48 Å². The third kappa shape index (κ3) is 3.85. The highest BCUT2D eigenvalue weighted by molar-refractivity contribution is 5.88. The molecule has 1 aromatic carbocycles. The molecule has 2 fully saturated rings. The van der Waals surface area contributed by atoms with E-state index in [4.69, 9.17) is 4.74 Å². The molecule has 132 valence electrons. The third-order valence-corrected chi connectivity index (χ3v) is 4.93. The number of rotatable bonds is 4. The van der Waals surface area contributed by atoms with E-state index in [9.17, 15) is 4.79 Å². The molecule has 1 saturated carbocycles. The number of carbonyl (C=O) groups excluding carboxylic acids is 1. The first-order chi connectivity index (χ1) is 12.2. The van der Waals surface area contributed by atoms with E-state index in [2.05, 4.69) is 15.7 Å². The summed E-state index contributed by atoms with van der Waals surface area (Å²) in [6.07, 6.45) is 4.63. The smallest absolute Gasteiger partial charge is 0.320 e. The van der Waals surface area contributed by atoms with Crippen LogP contribution in [-0.2, 0) is 4.74 Å². The second-order valence-electron chi connectivity index (χ2n) is 6.98. The van der Waals surface area contributed by atoms with Gasteiger partial charge in [-0.3, -0.25) is 5.32 Å². The van der Waals surface area contributed by atoms with E-state index in [1.54, 1.807) is 0 Å². The Morgan fingerprint density at radius 1 is 1.24 bits per heavy atom. The van der Waals surface area contributed by atoms with Crippen LogP contribution in [0.15, 0.2) is 36.4 Å². The molecule has 0 bridgehead atoms. The van der Waals surface area contributed by atoms with Crippen LogP contribution in [0.25, 0.3) is 5.69 Å². The van der Waals surface area contributed by atoms with E-state index >= 15 is 0 Å². The number of amides is 2. The molecule has 25 heavy (non-hydrogen) atoms. The molecular formula is C19H24N4O2. The molecule has 0 radical (unpaired) electrons. The first-order valence-electron chi connectivity index (χ1n) is 9.00. The van der Waals surface area contributed by atoms with E-state index in [0.717, 1.165) is 30.8 Å². The second-order valence-corrected chi connectivity index (χ2v) is 6.98. The standard InChI is InChI=1S/C19H24N4O2/c1-13-11-18(22-23(13)16-5-3-2-4-6-16)21-19(24)20-15-9-10-25-17(12-15)14-7-8-14/h2-6,11,14-15,17H,7-10,12H2,1H3,(H2,20,21,22,24). The van der Waals surface area contributed by atoms with Crippen molar-refractivity contribution in [1.82, 2.24) is 15.1 Å². The number of anilines is 1. The fourth-order valence-electron chi connectivity index (χ4n) is 3.46. The lowest BCUT2D eigenvalue weighted by Gasteiger charge is -2.30. The average molecular weight is 340 g/mol. The van der Waals surface area contributed by atoms with Crippen molar-refractivity contribution in [1.29, 1.82) is 0 Å². The average Bonchev–Trinajstić information content (AvgIpc) is 3.40. The largest absolute Gasteiger partial charge is 0.378 e. The van der Waals surface area contributed by atoms with Gasteiger partial charge in [0.1, 0.15) is 0 Å². The lowest BCUT2D eigenvalue weighted by Crippen LogP contribution is -2.44. The number of carbonyl (C=O) groups is 1. The van der Waals surface area contributed by atoms with E-state index < -0.39 is 0 Å². The van der Waals surface area contributed by atoms with Crippen LogP contribution in [0.3, 0.4) is 0 Å². The van der Waals surface area contributed by atoms with Crippen molar-refractivity contribution in [2.45, 2.75) is 44.8 Å². The van der Waals surface area contributed by atoms with Gasteiger partial charge in [-0.15, -0.1) is 5.10 Å². The van der Waals surface area contributed by atoms with Crippen LogP contribution in [0.1, 0.15) is 31.4 Å². The minimum atomic E-state index is -0.195. The lowest BCUT2D eigenvalue weighted by atomic mass is 10.0. The van der Waals surface area contributed by atoms with Crippen molar-refractivity contribution in [3.8, 4) is 5.69 Å². The first-order valence-corrected chi connectivity index (χ1v) is 9.00. The summed E-state index contributed by atoms with van der Waals surface area (Å²) >= 11 is 0. The summed E-state index contributed by atoms with van der Waals surface area (Å²) < 4.78 is 7.64. The van der Waals surface area contributed by atoms with Crippen molar-refractivity contribution in [3.63, 3.8) is 0 Å². The molecule has 2 atom stereocenters. The predicted octanol–water partition coefficient (Wildman–Crippen LogP) is 3.26. The van der Waals surface area contributed by atoms with Gasteiger partial charge in [-0.2, -0.15) is 0 Å². The van der Waals surface area contributed by atoms with Crippen LogP contribution in [0, 0.1) is 12.8 Å². The van der Waals surface area contributed by atoms with Gasteiger partial charge in [0.25, 0.3) is 0 Å². The number of para-hydroxylation sites is 1. The molecular weight excluding hydrogens is 316 g/mol. The highest BCUT2D eigenvalue weighted by Crippen LogP contribution is 2.38.